The van der Waals surface area contributed by atoms with E-state index in [-0.39, 0.29) is 11.9 Å². The Morgan fingerprint density at radius 1 is 1.14 bits per heavy atom. The third-order valence-corrected chi connectivity index (χ3v) is 4.07. The van der Waals surface area contributed by atoms with E-state index in [0.29, 0.717) is 6.04 Å². The zero-order chi connectivity index (χ0) is 15.7. The Balaban J connectivity index is 2.56. The minimum atomic E-state index is -0.218. The van der Waals surface area contributed by atoms with Crippen molar-refractivity contribution in [2.75, 3.05) is 26.8 Å². The van der Waals surface area contributed by atoms with Gasteiger partial charge in [-0.3, -0.25) is 4.90 Å². The normalized spacial score (nSPS) is 13.1. The number of ether oxygens (including phenoxy) is 1. The smallest absolute Gasteiger partial charge is 0.123 e. The number of nitrogens with two attached hydrogens (primary N) is 1. The molecule has 0 heterocycles. The van der Waals surface area contributed by atoms with Crippen LogP contribution in [0.1, 0.15) is 44.7 Å². The first-order valence-electron chi connectivity index (χ1n) is 7.86. The Labute approximate surface area is 128 Å². The summed E-state index contributed by atoms with van der Waals surface area (Å²) in [6.07, 6.45) is 3.13. The molecule has 0 radical (unpaired) electrons. The van der Waals surface area contributed by atoms with Crippen molar-refractivity contribution in [3.63, 3.8) is 0 Å². The number of hydrogen-bond acceptors (Lipinski definition) is 3. The molecule has 0 aliphatic carbocycles. The van der Waals surface area contributed by atoms with E-state index < -0.39 is 0 Å². The number of rotatable bonds is 10. The van der Waals surface area contributed by atoms with Crippen molar-refractivity contribution >= 4 is 0 Å². The van der Waals surface area contributed by atoms with Crippen LogP contribution in [0.5, 0.6) is 0 Å². The SMILES string of the molecule is CCC(CC)N(CCOC)CCC(N)c1ccc(F)cc1. The summed E-state index contributed by atoms with van der Waals surface area (Å²) in [7, 11) is 1.73. The van der Waals surface area contributed by atoms with Crippen molar-refractivity contribution in [1.82, 2.24) is 4.90 Å². The minimum absolute atomic E-state index is 0.0509. The molecule has 0 saturated carbocycles. The quantitative estimate of drug-likeness (QED) is 0.719. The maximum absolute atomic E-state index is 12.9. The van der Waals surface area contributed by atoms with Gasteiger partial charge in [-0.2, -0.15) is 0 Å². The lowest BCUT2D eigenvalue weighted by atomic mass is 10.0. The molecule has 2 N–H and O–H groups in total. The summed E-state index contributed by atoms with van der Waals surface area (Å²) in [5.41, 5.74) is 7.22. The minimum Gasteiger partial charge on any atom is -0.383 e. The second kappa shape index (κ2) is 9.87. The summed E-state index contributed by atoms with van der Waals surface area (Å²) in [6.45, 7) is 7.04. The molecule has 21 heavy (non-hydrogen) atoms. The summed E-state index contributed by atoms with van der Waals surface area (Å²) < 4.78 is 18.1. The van der Waals surface area contributed by atoms with E-state index in [1.54, 1.807) is 19.2 Å². The number of hydrogen-bond donors (Lipinski definition) is 1. The van der Waals surface area contributed by atoms with Crippen LogP contribution in [0.2, 0.25) is 0 Å². The number of nitrogens with zero attached hydrogens (tertiary/aromatic N) is 1. The molecule has 0 aromatic heterocycles. The molecule has 1 aromatic carbocycles. The van der Waals surface area contributed by atoms with Crippen LogP contribution in [0.4, 0.5) is 4.39 Å². The van der Waals surface area contributed by atoms with Crippen LogP contribution < -0.4 is 5.73 Å². The van der Waals surface area contributed by atoms with Crippen molar-refractivity contribution in [3.05, 3.63) is 35.6 Å². The lowest BCUT2D eigenvalue weighted by Crippen LogP contribution is -2.38. The van der Waals surface area contributed by atoms with E-state index in [9.17, 15) is 4.39 Å². The van der Waals surface area contributed by atoms with Gasteiger partial charge in [0, 0.05) is 32.3 Å². The molecule has 0 bridgehead atoms. The second-order valence-corrected chi connectivity index (χ2v) is 5.45. The van der Waals surface area contributed by atoms with E-state index >= 15 is 0 Å². The molecule has 1 aromatic rings. The Bertz CT molecular complexity index is 379. The first-order valence-corrected chi connectivity index (χ1v) is 7.86. The van der Waals surface area contributed by atoms with Crippen LogP contribution in [0, 0.1) is 5.82 Å². The molecule has 4 heteroatoms. The van der Waals surface area contributed by atoms with Crippen LogP contribution in [0.3, 0.4) is 0 Å². The van der Waals surface area contributed by atoms with Crippen molar-refractivity contribution in [3.8, 4) is 0 Å². The monoisotopic (exact) mass is 296 g/mol. The van der Waals surface area contributed by atoms with Gasteiger partial charge in [-0.1, -0.05) is 26.0 Å². The van der Waals surface area contributed by atoms with Gasteiger partial charge in [0.2, 0.25) is 0 Å². The molecule has 1 unspecified atom stereocenters. The van der Waals surface area contributed by atoms with Crippen LogP contribution in [-0.2, 0) is 4.74 Å². The number of halogens is 1. The van der Waals surface area contributed by atoms with Gasteiger partial charge < -0.3 is 10.5 Å². The molecule has 0 amide bonds. The van der Waals surface area contributed by atoms with Crippen LogP contribution >= 0.6 is 0 Å². The zero-order valence-electron chi connectivity index (χ0n) is 13.5. The summed E-state index contributed by atoms with van der Waals surface area (Å²) in [4.78, 5) is 2.45. The molecule has 0 saturated heterocycles. The van der Waals surface area contributed by atoms with Crippen molar-refractivity contribution in [2.45, 2.75) is 45.2 Å². The maximum atomic E-state index is 12.9. The third-order valence-electron chi connectivity index (χ3n) is 4.07. The van der Waals surface area contributed by atoms with Crippen LogP contribution in [0.15, 0.2) is 24.3 Å². The highest BCUT2D eigenvalue weighted by atomic mass is 19.1. The zero-order valence-corrected chi connectivity index (χ0v) is 13.5. The number of benzene rings is 1. The van der Waals surface area contributed by atoms with Gasteiger partial charge in [-0.15, -0.1) is 0 Å². The highest BCUT2D eigenvalue weighted by molar-refractivity contribution is 5.19. The van der Waals surface area contributed by atoms with Crippen molar-refractivity contribution < 1.29 is 9.13 Å². The highest BCUT2D eigenvalue weighted by Gasteiger charge is 2.16. The first-order chi connectivity index (χ1) is 10.1. The van der Waals surface area contributed by atoms with Gasteiger partial charge in [-0.25, -0.2) is 4.39 Å². The van der Waals surface area contributed by atoms with Gasteiger partial charge in [0.25, 0.3) is 0 Å². The predicted molar refractivity (Wildman–Crippen MR) is 85.8 cm³/mol. The average molecular weight is 296 g/mol. The average Bonchev–Trinajstić information content (AvgIpc) is 2.50. The molecular weight excluding hydrogens is 267 g/mol. The van der Waals surface area contributed by atoms with E-state index in [4.69, 9.17) is 10.5 Å². The van der Waals surface area contributed by atoms with Gasteiger partial charge in [0.1, 0.15) is 5.82 Å². The van der Waals surface area contributed by atoms with Gasteiger partial charge in [-0.05, 0) is 37.0 Å². The Hall–Kier alpha value is -0.970. The first kappa shape index (κ1) is 18.1. The summed E-state index contributed by atoms with van der Waals surface area (Å²) >= 11 is 0. The predicted octanol–water partition coefficient (Wildman–Crippen LogP) is 3.35. The molecule has 0 aliphatic rings. The van der Waals surface area contributed by atoms with E-state index in [1.165, 1.54) is 12.1 Å². The van der Waals surface area contributed by atoms with Crippen LogP contribution in [-0.4, -0.2) is 37.7 Å². The van der Waals surface area contributed by atoms with E-state index in [0.717, 1.165) is 44.5 Å². The second-order valence-electron chi connectivity index (χ2n) is 5.45. The van der Waals surface area contributed by atoms with Gasteiger partial charge in [0.15, 0.2) is 0 Å². The van der Waals surface area contributed by atoms with Gasteiger partial charge in [0.05, 0.1) is 6.61 Å². The molecule has 1 rings (SSSR count). The largest absolute Gasteiger partial charge is 0.383 e. The fourth-order valence-corrected chi connectivity index (χ4v) is 2.67. The molecule has 0 fully saturated rings. The highest BCUT2D eigenvalue weighted by Crippen LogP contribution is 2.17. The van der Waals surface area contributed by atoms with Crippen molar-refractivity contribution in [1.29, 1.82) is 0 Å². The Morgan fingerprint density at radius 2 is 1.76 bits per heavy atom. The molecule has 3 nitrogen and oxygen atoms in total. The summed E-state index contributed by atoms with van der Waals surface area (Å²) in [5, 5.41) is 0. The van der Waals surface area contributed by atoms with Gasteiger partial charge >= 0.3 is 0 Å². The summed E-state index contributed by atoms with van der Waals surface area (Å²) in [6, 6.07) is 7.01. The summed E-state index contributed by atoms with van der Waals surface area (Å²) in [5.74, 6) is -0.218. The lowest BCUT2D eigenvalue weighted by molar-refractivity contribution is 0.112. The lowest BCUT2D eigenvalue weighted by Gasteiger charge is -2.31. The van der Waals surface area contributed by atoms with Crippen LogP contribution in [0.25, 0.3) is 0 Å². The molecule has 1 atom stereocenters. The van der Waals surface area contributed by atoms with E-state index in [2.05, 4.69) is 18.7 Å². The topological polar surface area (TPSA) is 38.5 Å². The third kappa shape index (κ3) is 6.12. The molecular formula is C17H29FN2O. The molecule has 0 spiro atoms. The Kier molecular flexibility index (Phi) is 8.50. The maximum Gasteiger partial charge on any atom is 0.123 e. The van der Waals surface area contributed by atoms with E-state index in [1.807, 2.05) is 0 Å². The molecule has 0 aliphatic heterocycles. The Morgan fingerprint density at radius 3 is 2.29 bits per heavy atom. The number of methoxy groups -OCH3 is 1. The molecule has 120 valence electrons. The standard InChI is InChI=1S/C17H29FN2O/c1-4-16(5-2)20(12-13-21-3)11-10-17(19)14-6-8-15(18)9-7-14/h6-9,16-17H,4-5,10-13,19H2,1-3H3. The fourth-order valence-electron chi connectivity index (χ4n) is 2.67. The fraction of sp³-hybridized carbons (Fsp3) is 0.647. The van der Waals surface area contributed by atoms with Crippen molar-refractivity contribution in [2.24, 2.45) is 5.73 Å².